The van der Waals surface area contributed by atoms with Crippen LogP contribution in [0.15, 0.2) is 12.1 Å². The number of benzene rings is 1. The topological polar surface area (TPSA) is 178 Å². The van der Waals surface area contributed by atoms with Gasteiger partial charge >= 0.3 is 0 Å². The number of rotatable bonds is 10. The number of carbonyl (C=O) groups excluding carboxylic acids is 1. The number of aliphatic hydroxyl groups excluding tert-OH is 2. The first-order valence-corrected chi connectivity index (χ1v) is 9.13. The summed E-state index contributed by atoms with van der Waals surface area (Å²) >= 11 is 0. The van der Waals surface area contributed by atoms with Crippen LogP contribution in [-0.2, 0) is 9.47 Å². The van der Waals surface area contributed by atoms with Crippen LogP contribution in [-0.4, -0.2) is 77.3 Å². The molecule has 1 aliphatic rings. The molecule has 0 bridgehead atoms. The first kappa shape index (κ1) is 23.4. The smallest absolute Gasteiger partial charge is 0.299 e. The molecule has 0 aliphatic carbocycles. The number of ether oxygens (including phenoxy) is 2. The van der Waals surface area contributed by atoms with Gasteiger partial charge in [0.1, 0.15) is 17.4 Å². The van der Waals surface area contributed by atoms with E-state index in [1.807, 2.05) is 0 Å². The van der Waals surface area contributed by atoms with Crippen molar-refractivity contribution in [2.24, 2.45) is 0 Å². The Balaban J connectivity index is 2.38. The summed E-state index contributed by atoms with van der Waals surface area (Å²) in [5.41, 5.74) is -1.87. The molecule has 1 atom stereocenters. The van der Waals surface area contributed by atoms with Gasteiger partial charge in [-0.1, -0.05) is 0 Å². The summed E-state index contributed by atoms with van der Waals surface area (Å²) in [5.74, 6) is -1.63. The van der Waals surface area contributed by atoms with Crippen LogP contribution in [0.25, 0.3) is 0 Å². The third-order valence-corrected chi connectivity index (χ3v) is 4.37. The van der Waals surface area contributed by atoms with E-state index >= 15 is 0 Å². The second-order valence-electron chi connectivity index (χ2n) is 6.97. The predicted molar refractivity (Wildman–Crippen MR) is 103 cm³/mol. The van der Waals surface area contributed by atoms with E-state index in [0.717, 1.165) is 6.07 Å². The molecule has 1 fully saturated rings. The lowest BCUT2D eigenvalue weighted by Crippen LogP contribution is -2.35. The van der Waals surface area contributed by atoms with Crippen molar-refractivity contribution in [3.8, 4) is 0 Å². The van der Waals surface area contributed by atoms with Gasteiger partial charge in [0, 0.05) is 19.6 Å². The second-order valence-corrected chi connectivity index (χ2v) is 6.97. The molecule has 1 aliphatic heterocycles. The fraction of sp³-hybridized carbons (Fsp3) is 0.588. The van der Waals surface area contributed by atoms with E-state index in [-0.39, 0.29) is 50.7 Å². The highest BCUT2D eigenvalue weighted by Crippen LogP contribution is 2.35. The predicted octanol–water partition coefficient (Wildman–Crippen LogP) is 0.175. The largest absolute Gasteiger partial charge is 0.395 e. The Labute approximate surface area is 171 Å². The van der Waals surface area contributed by atoms with E-state index in [0.29, 0.717) is 6.07 Å². The number of anilines is 1. The molecule has 3 N–H and O–H groups in total. The maximum atomic E-state index is 12.7. The number of nitrogens with zero attached hydrogens (tertiary/aromatic N) is 3. The molecule has 1 aromatic carbocycles. The maximum absolute atomic E-state index is 12.7. The van der Waals surface area contributed by atoms with Gasteiger partial charge in [-0.3, -0.25) is 25.0 Å². The van der Waals surface area contributed by atoms with Gasteiger partial charge in [0.25, 0.3) is 17.3 Å². The van der Waals surface area contributed by atoms with Crippen LogP contribution in [0.2, 0.25) is 0 Å². The third-order valence-electron chi connectivity index (χ3n) is 4.37. The van der Waals surface area contributed by atoms with Gasteiger partial charge in [-0.25, -0.2) is 0 Å². The zero-order chi connectivity index (χ0) is 22.5. The Bertz CT molecular complexity index is 809. The lowest BCUT2D eigenvalue weighted by atomic mass is 10.1. The number of amides is 1. The van der Waals surface area contributed by atoms with Gasteiger partial charge < -0.3 is 29.9 Å². The number of carbonyl (C=O) groups is 1. The summed E-state index contributed by atoms with van der Waals surface area (Å²) in [6.45, 7) is 2.73. The van der Waals surface area contributed by atoms with Crippen molar-refractivity contribution in [1.29, 1.82) is 0 Å². The van der Waals surface area contributed by atoms with Crippen LogP contribution < -0.4 is 10.2 Å². The first-order chi connectivity index (χ1) is 14.1. The van der Waals surface area contributed by atoms with Gasteiger partial charge in [0.15, 0.2) is 5.79 Å². The molecule has 0 radical (unpaired) electrons. The third kappa shape index (κ3) is 5.60. The number of nitro benzene ring substituents is 2. The Morgan fingerprint density at radius 2 is 1.80 bits per heavy atom. The lowest BCUT2D eigenvalue weighted by molar-refractivity contribution is -0.393. The fourth-order valence-corrected chi connectivity index (χ4v) is 3.06. The molecular formula is C17H24N4O9. The van der Waals surface area contributed by atoms with E-state index in [1.165, 1.54) is 4.90 Å². The number of hydrogen-bond acceptors (Lipinski definition) is 10. The normalized spacial score (nSPS) is 17.5. The Morgan fingerprint density at radius 1 is 1.20 bits per heavy atom. The van der Waals surface area contributed by atoms with E-state index in [4.69, 9.17) is 9.47 Å². The maximum Gasteiger partial charge on any atom is 0.299 e. The monoisotopic (exact) mass is 428 g/mol. The summed E-state index contributed by atoms with van der Waals surface area (Å²) in [6, 6.07) is 1.72. The number of hydrogen-bond donors (Lipinski definition) is 3. The van der Waals surface area contributed by atoms with Crippen molar-refractivity contribution in [3.05, 3.63) is 37.9 Å². The highest BCUT2D eigenvalue weighted by molar-refractivity contribution is 6.00. The standard InChI is InChI=1S/C17H24N4O9/c1-17(2)29-10-11(30-17)9-18-16(24)12-7-14(19(3-5-22)4-6-23)15(21(27)28)8-13(12)20(25)26/h7-8,11,22-23H,3-6,9-10H2,1-2H3,(H,18,24). The summed E-state index contributed by atoms with van der Waals surface area (Å²) in [7, 11) is 0. The van der Waals surface area contributed by atoms with Gasteiger partial charge in [0.05, 0.1) is 35.7 Å². The molecular weight excluding hydrogens is 404 g/mol. The minimum Gasteiger partial charge on any atom is -0.395 e. The fourth-order valence-electron chi connectivity index (χ4n) is 3.06. The van der Waals surface area contributed by atoms with Gasteiger partial charge in [0.2, 0.25) is 0 Å². The van der Waals surface area contributed by atoms with Crippen molar-refractivity contribution >= 4 is 23.0 Å². The number of nitro groups is 2. The molecule has 1 unspecified atom stereocenters. The lowest BCUT2D eigenvalue weighted by Gasteiger charge is -2.23. The van der Waals surface area contributed by atoms with Gasteiger partial charge in [-0.15, -0.1) is 0 Å². The number of nitrogens with one attached hydrogen (secondary N) is 1. The van der Waals surface area contributed by atoms with E-state index < -0.39 is 39.0 Å². The molecule has 1 saturated heterocycles. The molecule has 0 saturated carbocycles. The van der Waals surface area contributed by atoms with Crippen LogP contribution >= 0.6 is 0 Å². The molecule has 0 spiro atoms. The van der Waals surface area contributed by atoms with Crippen LogP contribution in [0.4, 0.5) is 17.1 Å². The molecule has 166 valence electrons. The molecule has 13 heteroatoms. The zero-order valence-corrected chi connectivity index (χ0v) is 16.6. The molecule has 2 rings (SSSR count). The van der Waals surface area contributed by atoms with Crippen molar-refractivity contribution in [2.75, 3.05) is 44.4 Å². The minimum absolute atomic E-state index is 0.0166. The molecule has 1 aromatic rings. The Kier molecular flexibility index (Phi) is 7.61. The summed E-state index contributed by atoms with van der Waals surface area (Å²) in [5, 5.41) is 43.8. The summed E-state index contributed by atoms with van der Waals surface area (Å²) in [6.07, 6.45) is -0.458. The van der Waals surface area contributed by atoms with Crippen molar-refractivity contribution in [2.45, 2.75) is 25.7 Å². The molecule has 1 heterocycles. The average Bonchev–Trinajstić information content (AvgIpc) is 3.03. The second kappa shape index (κ2) is 9.75. The van der Waals surface area contributed by atoms with Crippen LogP contribution in [0.5, 0.6) is 0 Å². The van der Waals surface area contributed by atoms with Crippen molar-refractivity contribution in [3.63, 3.8) is 0 Å². The molecule has 0 aromatic heterocycles. The highest BCUT2D eigenvalue weighted by Gasteiger charge is 2.34. The summed E-state index contributed by atoms with van der Waals surface area (Å²) < 4.78 is 11.0. The quantitative estimate of drug-likeness (QED) is 0.344. The highest BCUT2D eigenvalue weighted by atomic mass is 16.7. The first-order valence-electron chi connectivity index (χ1n) is 9.13. The SMILES string of the molecule is CC1(C)OCC(CNC(=O)c2cc(N(CCO)CCO)c([N+](=O)[O-])cc2[N+](=O)[O-])O1. The summed E-state index contributed by atoms with van der Waals surface area (Å²) in [4.78, 5) is 35.1. The molecule has 13 nitrogen and oxygen atoms in total. The Hall–Kier alpha value is -2.87. The van der Waals surface area contributed by atoms with Crippen LogP contribution in [0.1, 0.15) is 24.2 Å². The van der Waals surface area contributed by atoms with Gasteiger partial charge in [-0.2, -0.15) is 0 Å². The van der Waals surface area contributed by atoms with E-state index in [9.17, 15) is 35.2 Å². The van der Waals surface area contributed by atoms with Crippen LogP contribution in [0, 0.1) is 20.2 Å². The Morgan fingerprint density at radius 3 is 2.27 bits per heavy atom. The minimum atomic E-state index is -0.883. The van der Waals surface area contributed by atoms with Crippen molar-refractivity contribution < 1.29 is 34.3 Å². The van der Waals surface area contributed by atoms with Crippen molar-refractivity contribution in [1.82, 2.24) is 5.32 Å². The van der Waals surface area contributed by atoms with E-state index in [2.05, 4.69) is 5.32 Å². The molecule has 30 heavy (non-hydrogen) atoms. The van der Waals surface area contributed by atoms with Crippen LogP contribution in [0.3, 0.4) is 0 Å². The average molecular weight is 428 g/mol. The van der Waals surface area contributed by atoms with Gasteiger partial charge in [-0.05, 0) is 19.9 Å². The zero-order valence-electron chi connectivity index (χ0n) is 16.6. The number of aliphatic hydroxyl groups is 2. The van der Waals surface area contributed by atoms with E-state index in [1.54, 1.807) is 13.8 Å². The molecule has 1 amide bonds.